The minimum atomic E-state index is 0.311. The summed E-state index contributed by atoms with van der Waals surface area (Å²) in [5.74, 6) is 1.31. The summed E-state index contributed by atoms with van der Waals surface area (Å²) in [7, 11) is 3.17. The fourth-order valence-electron chi connectivity index (χ4n) is 0.989. The first kappa shape index (κ1) is 11.7. The molecule has 0 fully saturated rings. The van der Waals surface area contributed by atoms with Crippen LogP contribution in [0, 0.1) is 0 Å². The molecule has 1 aromatic heterocycles. The Balaban J connectivity index is 2.62. The molecule has 15 heavy (non-hydrogen) atoms. The zero-order valence-electron chi connectivity index (χ0n) is 8.90. The summed E-state index contributed by atoms with van der Waals surface area (Å²) in [5.41, 5.74) is 5.58. The van der Waals surface area contributed by atoms with Crippen LogP contribution in [0.4, 0.5) is 5.82 Å². The Hall–Kier alpha value is -1.40. The van der Waals surface area contributed by atoms with Crippen molar-refractivity contribution in [3.63, 3.8) is 0 Å². The summed E-state index contributed by atoms with van der Waals surface area (Å²) in [4.78, 5) is 8.08. The van der Waals surface area contributed by atoms with Gasteiger partial charge in [0.05, 0.1) is 6.61 Å². The molecule has 84 valence electrons. The van der Waals surface area contributed by atoms with E-state index in [9.17, 15) is 0 Å². The van der Waals surface area contributed by atoms with E-state index in [2.05, 4.69) is 9.97 Å². The lowest BCUT2D eigenvalue weighted by Crippen LogP contribution is -2.08. The molecule has 1 heterocycles. The van der Waals surface area contributed by atoms with E-state index in [4.69, 9.17) is 19.9 Å². The highest BCUT2D eigenvalue weighted by atomic mass is 16.5. The van der Waals surface area contributed by atoms with Gasteiger partial charge in [-0.15, -0.1) is 0 Å². The molecule has 0 radical (unpaired) electrons. The summed E-state index contributed by atoms with van der Waals surface area (Å²) < 4.78 is 15.1. The number of hydrogen-bond donors (Lipinski definition) is 1. The zero-order valence-corrected chi connectivity index (χ0v) is 8.90. The summed E-state index contributed by atoms with van der Waals surface area (Å²) in [6.45, 7) is 1.24. The van der Waals surface area contributed by atoms with Crippen molar-refractivity contribution in [2.24, 2.45) is 0 Å². The highest BCUT2D eigenvalue weighted by Gasteiger charge is 2.03. The third kappa shape index (κ3) is 4.09. The SMILES string of the molecule is COCCOc1cc(N)nc(COC)n1. The van der Waals surface area contributed by atoms with Crippen LogP contribution in [0.5, 0.6) is 5.88 Å². The Morgan fingerprint density at radius 2 is 2.00 bits per heavy atom. The van der Waals surface area contributed by atoms with Gasteiger partial charge in [-0.3, -0.25) is 0 Å². The van der Waals surface area contributed by atoms with Crippen LogP contribution in [0.3, 0.4) is 0 Å². The van der Waals surface area contributed by atoms with Gasteiger partial charge in [0.2, 0.25) is 5.88 Å². The van der Waals surface area contributed by atoms with Crippen LogP contribution in [0.15, 0.2) is 6.07 Å². The van der Waals surface area contributed by atoms with E-state index in [1.165, 1.54) is 0 Å². The summed E-state index contributed by atoms with van der Waals surface area (Å²) in [6.07, 6.45) is 0. The number of nitrogens with zero attached hydrogens (tertiary/aromatic N) is 2. The van der Waals surface area contributed by atoms with Crippen molar-refractivity contribution in [1.29, 1.82) is 0 Å². The smallest absolute Gasteiger partial charge is 0.218 e. The Labute approximate surface area is 88.4 Å². The predicted octanol–water partition coefficient (Wildman–Crippen LogP) is 0.230. The second kappa shape index (κ2) is 6.15. The van der Waals surface area contributed by atoms with Gasteiger partial charge in [0, 0.05) is 20.3 Å². The molecule has 0 saturated carbocycles. The van der Waals surface area contributed by atoms with Crippen LogP contribution in [-0.4, -0.2) is 37.4 Å². The second-order valence-corrected chi connectivity index (χ2v) is 2.82. The van der Waals surface area contributed by atoms with Crippen molar-refractivity contribution < 1.29 is 14.2 Å². The van der Waals surface area contributed by atoms with E-state index >= 15 is 0 Å². The third-order valence-corrected chi connectivity index (χ3v) is 1.58. The Morgan fingerprint density at radius 3 is 2.67 bits per heavy atom. The van der Waals surface area contributed by atoms with Gasteiger partial charge < -0.3 is 19.9 Å². The van der Waals surface area contributed by atoms with Crippen molar-refractivity contribution in [2.45, 2.75) is 6.61 Å². The van der Waals surface area contributed by atoms with E-state index in [0.29, 0.717) is 37.3 Å². The molecule has 0 unspecified atom stereocenters. The molecule has 0 aromatic carbocycles. The zero-order chi connectivity index (χ0) is 11.1. The minimum Gasteiger partial charge on any atom is -0.475 e. The predicted molar refractivity (Wildman–Crippen MR) is 54.5 cm³/mol. The largest absolute Gasteiger partial charge is 0.475 e. The maximum absolute atomic E-state index is 5.58. The number of hydrogen-bond acceptors (Lipinski definition) is 6. The van der Waals surface area contributed by atoms with Crippen molar-refractivity contribution in [3.8, 4) is 5.88 Å². The topological polar surface area (TPSA) is 79.5 Å². The van der Waals surface area contributed by atoms with Crippen LogP contribution >= 0.6 is 0 Å². The third-order valence-electron chi connectivity index (χ3n) is 1.58. The highest BCUT2D eigenvalue weighted by molar-refractivity contribution is 5.32. The summed E-state index contributed by atoms with van der Waals surface area (Å²) in [5, 5.41) is 0. The molecule has 0 aliphatic heterocycles. The summed E-state index contributed by atoms with van der Waals surface area (Å²) in [6, 6.07) is 1.56. The summed E-state index contributed by atoms with van der Waals surface area (Å²) >= 11 is 0. The van der Waals surface area contributed by atoms with Gasteiger partial charge in [0.1, 0.15) is 19.0 Å². The maximum Gasteiger partial charge on any atom is 0.218 e. The van der Waals surface area contributed by atoms with E-state index in [1.54, 1.807) is 20.3 Å². The van der Waals surface area contributed by atoms with Crippen LogP contribution in [0.2, 0.25) is 0 Å². The van der Waals surface area contributed by atoms with Gasteiger partial charge in [-0.25, -0.2) is 4.98 Å². The van der Waals surface area contributed by atoms with Gasteiger partial charge in [0.25, 0.3) is 0 Å². The molecule has 0 saturated heterocycles. The Bertz CT molecular complexity index is 307. The molecular weight excluding hydrogens is 198 g/mol. The molecule has 6 nitrogen and oxygen atoms in total. The number of aromatic nitrogens is 2. The number of ether oxygens (including phenoxy) is 3. The maximum atomic E-state index is 5.58. The number of anilines is 1. The van der Waals surface area contributed by atoms with E-state index in [-0.39, 0.29) is 0 Å². The minimum absolute atomic E-state index is 0.311. The Morgan fingerprint density at radius 1 is 1.20 bits per heavy atom. The molecule has 1 rings (SSSR count). The lowest BCUT2D eigenvalue weighted by molar-refractivity contribution is 0.142. The number of nitrogen functional groups attached to an aromatic ring is 1. The molecule has 0 bridgehead atoms. The number of rotatable bonds is 6. The molecule has 0 spiro atoms. The molecule has 6 heteroatoms. The first-order valence-electron chi connectivity index (χ1n) is 4.50. The standard InChI is InChI=1S/C9H15N3O3/c1-13-3-4-15-9-5-7(10)11-8(12-9)6-14-2/h5H,3-4,6H2,1-2H3,(H2,10,11,12). The lowest BCUT2D eigenvalue weighted by atomic mass is 10.5. The normalized spacial score (nSPS) is 10.3. The van der Waals surface area contributed by atoms with Crippen molar-refractivity contribution in [2.75, 3.05) is 33.2 Å². The van der Waals surface area contributed by atoms with E-state index < -0.39 is 0 Å². The fraction of sp³-hybridized carbons (Fsp3) is 0.556. The molecule has 2 N–H and O–H groups in total. The van der Waals surface area contributed by atoms with Gasteiger partial charge in [0.15, 0.2) is 5.82 Å². The lowest BCUT2D eigenvalue weighted by Gasteiger charge is -2.06. The van der Waals surface area contributed by atoms with Crippen LogP contribution in [-0.2, 0) is 16.1 Å². The quantitative estimate of drug-likeness (QED) is 0.681. The average molecular weight is 213 g/mol. The van der Waals surface area contributed by atoms with Gasteiger partial charge >= 0.3 is 0 Å². The molecule has 0 aliphatic rings. The van der Waals surface area contributed by atoms with E-state index in [1.807, 2.05) is 0 Å². The molecule has 0 atom stereocenters. The van der Waals surface area contributed by atoms with Crippen LogP contribution in [0.1, 0.15) is 5.82 Å². The monoisotopic (exact) mass is 213 g/mol. The molecule has 0 amide bonds. The van der Waals surface area contributed by atoms with Gasteiger partial charge in [-0.05, 0) is 0 Å². The first-order valence-corrected chi connectivity index (χ1v) is 4.50. The molecule has 0 aliphatic carbocycles. The van der Waals surface area contributed by atoms with Gasteiger partial charge in [-0.1, -0.05) is 0 Å². The van der Waals surface area contributed by atoms with Crippen molar-refractivity contribution in [1.82, 2.24) is 9.97 Å². The Kier molecular flexibility index (Phi) is 4.79. The number of nitrogens with two attached hydrogens (primary N) is 1. The molecular formula is C9H15N3O3. The van der Waals surface area contributed by atoms with Crippen LogP contribution < -0.4 is 10.5 Å². The highest BCUT2D eigenvalue weighted by Crippen LogP contribution is 2.11. The van der Waals surface area contributed by atoms with Crippen molar-refractivity contribution >= 4 is 5.82 Å². The van der Waals surface area contributed by atoms with Crippen molar-refractivity contribution in [3.05, 3.63) is 11.9 Å². The number of methoxy groups -OCH3 is 2. The van der Waals surface area contributed by atoms with E-state index in [0.717, 1.165) is 0 Å². The fourth-order valence-corrected chi connectivity index (χ4v) is 0.989. The van der Waals surface area contributed by atoms with Crippen LogP contribution in [0.25, 0.3) is 0 Å². The average Bonchev–Trinajstić information content (AvgIpc) is 2.18. The first-order chi connectivity index (χ1) is 7.26. The molecule has 1 aromatic rings. The van der Waals surface area contributed by atoms with Gasteiger partial charge in [-0.2, -0.15) is 4.98 Å². The second-order valence-electron chi connectivity index (χ2n) is 2.82.